The SMILES string of the molecule is CCNC(=NCC(C)Oc1ccccc1F)Nc1ccc(OC)c(OC)c1. The Kier molecular flexibility index (Phi) is 7.73. The fourth-order valence-corrected chi connectivity index (χ4v) is 2.37. The van der Waals surface area contributed by atoms with Gasteiger partial charge in [-0.25, -0.2) is 9.38 Å². The van der Waals surface area contributed by atoms with Crippen LogP contribution in [-0.2, 0) is 0 Å². The van der Waals surface area contributed by atoms with Crippen LogP contribution in [0.15, 0.2) is 47.5 Å². The molecule has 0 spiro atoms. The number of nitrogens with zero attached hydrogens (tertiary/aromatic N) is 1. The number of benzene rings is 2. The zero-order valence-corrected chi connectivity index (χ0v) is 16.1. The highest BCUT2D eigenvalue weighted by Gasteiger charge is 2.09. The quantitative estimate of drug-likeness (QED) is 0.544. The Balaban J connectivity index is 2.04. The van der Waals surface area contributed by atoms with Crippen LogP contribution in [0.2, 0.25) is 0 Å². The number of hydrogen-bond donors (Lipinski definition) is 2. The van der Waals surface area contributed by atoms with Crippen molar-refractivity contribution in [2.24, 2.45) is 4.99 Å². The van der Waals surface area contributed by atoms with E-state index in [0.717, 1.165) is 5.69 Å². The Morgan fingerprint density at radius 2 is 1.81 bits per heavy atom. The molecule has 0 bridgehead atoms. The molecule has 27 heavy (non-hydrogen) atoms. The molecule has 146 valence electrons. The van der Waals surface area contributed by atoms with Crippen LogP contribution in [0.1, 0.15) is 13.8 Å². The summed E-state index contributed by atoms with van der Waals surface area (Å²) in [5.41, 5.74) is 0.801. The highest BCUT2D eigenvalue weighted by atomic mass is 19.1. The Labute approximate surface area is 159 Å². The molecular formula is C20H26FN3O3. The van der Waals surface area contributed by atoms with Crippen molar-refractivity contribution in [3.05, 3.63) is 48.3 Å². The summed E-state index contributed by atoms with van der Waals surface area (Å²) < 4.78 is 29.9. The molecule has 0 saturated heterocycles. The molecule has 0 amide bonds. The number of nitrogens with one attached hydrogen (secondary N) is 2. The predicted octanol–water partition coefficient (Wildman–Crippen LogP) is 3.69. The molecule has 0 fully saturated rings. The number of aliphatic imine (C=N–C) groups is 1. The number of hydrogen-bond acceptors (Lipinski definition) is 4. The average molecular weight is 375 g/mol. The summed E-state index contributed by atoms with van der Waals surface area (Å²) in [4.78, 5) is 4.51. The molecule has 0 aliphatic carbocycles. The van der Waals surface area contributed by atoms with Crippen LogP contribution in [0.5, 0.6) is 17.2 Å². The maximum atomic E-state index is 13.7. The Morgan fingerprint density at radius 1 is 1.07 bits per heavy atom. The van der Waals surface area contributed by atoms with Gasteiger partial charge in [0.15, 0.2) is 29.0 Å². The van der Waals surface area contributed by atoms with Crippen molar-refractivity contribution in [2.75, 3.05) is 32.6 Å². The minimum absolute atomic E-state index is 0.220. The Morgan fingerprint density at radius 3 is 2.48 bits per heavy atom. The summed E-state index contributed by atoms with van der Waals surface area (Å²) in [5.74, 6) is 1.70. The Bertz CT molecular complexity index is 768. The molecule has 1 atom stereocenters. The van der Waals surface area contributed by atoms with Crippen LogP contribution in [0.4, 0.5) is 10.1 Å². The van der Waals surface area contributed by atoms with E-state index in [2.05, 4.69) is 15.6 Å². The lowest BCUT2D eigenvalue weighted by Crippen LogP contribution is -2.32. The van der Waals surface area contributed by atoms with Gasteiger partial charge >= 0.3 is 0 Å². The zero-order chi connectivity index (χ0) is 19.6. The molecule has 0 heterocycles. The first-order chi connectivity index (χ1) is 13.1. The standard InChI is InChI=1S/C20H26FN3O3/c1-5-22-20(24-15-10-11-18(25-3)19(12-15)26-4)23-13-14(2)27-17-9-7-6-8-16(17)21/h6-12,14H,5,13H2,1-4H3,(H2,22,23,24). The van der Waals surface area contributed by atoms with Gasteiger partial charge in [-0.1, -0.05) is 12.1 Å². The van der Waals surface area contributed by atoms with E-state index in [1.54, 1.807) is 32.4 Å². The average Bonchev–Trinajstić information content (AvgIpc) is 2.68. The normalized spacial score (nSPS) is 12.3. The van der Waals surface area contributed by atoms with Gasteiger partial charge in [-0.3, -0.25) is 0 Å². The van der Waals surface area contributed by atoms with Crippen LogP contribution < -0.4 is 24.8 Å². The molecule has 2 rings (SSSR count). The van der Waals surface area contributed by atoms with E-state index in [0.29, 0.717) is 30.5 Å². The molecule has 7 heteroatoms. The highest BCUT2D eigenvalue weighted by Crippen LogP contribution is 2.29. The second-order valence-corrected chi connectivity index (χ2v) is 5.77. The van der Waals surface area contributed by atoms with Crippen molar-refractivity contribution in [3.8, 4) is 17.2 Å². The van der Waals surface area contributed by atoms with Crippen LogP contribution in [0, 0.1) is 5.82 Å². The van der Waals surface area contributed by atoms with Crippen molar-refractivity contribution in [1.29, 1.82) is 0 Å². The lowest BCUT2D eigenvalue weighted by molar-refractivity contribution is 0.220. The van der Waals surface area contributed by atoms with Gasteiger partial charge in [0, 0.05) is 18.3 Å². The summed E-state index contributed by atoms with van der Waals surface area (Å²) in [7, 11) is 3.18. The van der Waals surface area contributed by atoms with E-state index in [9.17, 15) is 4.39 Å². The summed E-state index contributed by atoms with van der Waals surface area (Å²) >= 11 is 0. The van der Waals surface area contributed by atoms with Gasteiger partial charge in [0.1, 0.15) is 6.10 Å². The van der Waals surface area contributed by atoms with Crippen molar-refractivity contribution < 1.29 is 18.6 Å². The second-order valence-electron chi connectivity index (χ2n) is 5.77. The summed E-state index contributed by atoms with van der Waals surface area (Å²) in [6.07, 6.45) is -0.289. The van der Waals surface area contributed by atoms with Gasteiger partial charge in [0.05, 0.1) is 20.8 Å². The smallest absolute Gasteiger partial charge is 0.195 e. The summed E-state index contributed by atoms with van der Waals surface area (Å²) in [5, 5.41) is 6.38. The van der Waals surface area contributed by atoms with Gasteiger partial charge in [-0.2, -0.15) is 0 Å². The van der Waals surface area contributed by atoms with E-state index in [4.69, 9.17) is 14.2 Å². The third-order valence-corrected chi connectivity index (χ3v) is 3.66. The van der Waals surface area contributed by atoms with E-state index in [1.807, 2.05) is 32.0 Å². The first-order valence-electron chi connectivity index (χ1n) is 8.76. The molecule has 0 aliphatic heterocycles. The minimum atomic E-state index is -0.385. The molecule has 1 unspecified atom stereocenters. The number of guanidine groups is 1. The number of para-hydroxylation sites is 1. The number of rotatable bonds is 8. The van der Waals surface area contributed by atoms with Crippen molar-refractivity contribution in [3.63, 3.8) is 0 Å². The molecule has 2 aromatic carbocycles. The number of methoxy groups -OCH3 is 2. The van der Waals surface area contributed by atoms with Crippen molar-refractivity contribution >= 4 is 11.6 Å². The monoisotopic (exact) mass is 375 g/mol. The molecule has 0 aliphatic rings. The highest BCUT2D eigenvalue weighted by molar-refractivity contribution is 5.93. The van der Waals surface area contributed by atoms with E-state index in [-0.39, 0.29) is 17.7 Å². The molecule has 6 nitrogen and oxygen atoms in total. The van der Waals surface area contributed by atoms with Gasteiger partial charge in [0.2, 0.25) is 0 Å². The van der Waals surface area contributed by atoms with Crippen LogP contribution in [0.3, 0.4) is 0 Å². The van der Waals surface area contributed by atoms with E-state index >= 15 is 0 Å². The molecule has 0 aromatic heterocycles. The number of halogens is 1. The zero-order valence-electron chi connectivity index (χ0n) is 16.1. The number of ether oxygens (including phenoxy) is 3. The van der Waals surface area contributed by atoms with Crippen LogP contribution >= 0.6 is 0 Å². The lowest BCUT2D eigenvalue weighted by Gasteiger charge is -2.16. The summed E-state index contributed by atoms with van der Waals surface area (Å²) in [6, 6.07) is 11.8. The fourth-order valence-electron chi connectivity index (χ4n) is 2.37. The van der Waals surface area contributed by atoms with E-state index in [1.165, 1.54) is 6.07 Å². The maximum absolute atomic E-state index is 13.7. The predicted molar refractivity (Wildman–Crippen MR) is 106 cm³/mol. The molecule has 0 saturated carbocycles. The largest absolute Gasteiger partial charge is 0.493 e. The maximum Gasteiger partial charge on any atom is 0.195 e. The lowest BCUT2D eigenvalue weighted by atomic mass is 10.2. The van der Waals surface area contributed by atoms with Gasteiger partial charge in [-0.15, -0.1) is 0 Å². The second kappa shape index (κ2) is 10.3. The van der Waals surface area contributed by atoms with Crippen molar-refractivity contribution in [2.45, 2.75) is 20.0 Å². The Hall–Kier alpha value is -2.96. The summed E-state index contributed by atoms with van der Waals surface area (Å²) in [6.45, 7) is 4.87. The molecule has 2 N–H and O–H groups in total. The van der Waals surface area contributed by atoms with Crippen LogP contribution in [0.25, 0.3) is 0 Å². The van der Waals surface area contributed by atoms with Crippen LogP contribution in [-0.4, -0.2) is 39.4 Å². The first kappa shape index (κ1) is 20.4. The molecular weight excluding hydrogens is 349 g/mol. The minimum Gasteiger partial charge on any atom is -0.493 e. The topological polar surface area (TPSA) is 64.1 Å². The van der Waals surface area contributed by atoms with Gasteiger partial charge in [0.25, 0.3) is 0 Å². The van der Waals surface area contributed by atoms with Crippen molar-refractivity contribution in [1.82, 2.24) is 5.32 Å². The molecule has 2 aromatic rings. The van der Waals surface area contributed by atoms with Gasteiger partial charge in [-0.05, 0) is 38.1 Å². The third kappa shape index (κ3) is 6.06. The third-order valence-electron chi connectivity index (χ3n) is 3.66. The first-order valence-corrected chi connectivity index (χ1v) is 8.76. The van der Waals surface area contributed by atoms with E-state index < -0.39 is 0 Å². The fraction of sp³-hybridized carbons (Fsp3) is 0.350. The molecule has 0 radical (unpaired) electrons. The number of anilines is 1. The van der Waals surface area contributed by atoms with Gasteiger partial charge < -0.3 is 24.8 Å².